The van der Waals surface area contributed by atoms with Gasteiger partial charge in [0.25, 0.3) is 0 Å². The van der Waals surface area contributed by atoms with E-state index in [1.807, 2.05) is 48.0 Å². The van der Waals surface area contributed by atoms with Crippen LogP contribution in [0.5, 0.6) is 11.5 Å². The zero-order valence-corrected chi connectivity index (χ0v) is 19.6. The molecular formula is C26H26N6O3. The van der Waals surface area contributed by atoms with Crippen LogP contribution in [-0.2, 0) is 11.3 Å². The number of carbonyl (C=O) groups is 1. The minimum atomic E-state index is -0.265. The molecule has 3 heterocycles. The van der Waals surface area contributed by atoms with Gasteiger partial charge in [-0.1, -0.05) is 30.8 Å². The highest BCUT2D eigenvalue weighted by Gasteiger charge is 2.31. The molecule has 0 fully saturated rings. The Morgan fingerprint density at radius 1 is 1.23 bits per heavy atom. The van der Waals surface area contributed by atoms with Crippen LogP contribution in [0, 0.1) is 0 Å². The van der Waals surface area contributed by atoms with Gasteiger partial charge in [0.2, 0.25) is 5.91 Å². The zero-order chi connectivity index (χ0) is 24.5. The van der Waals surface area contributed by atoms with Crippen molar-refractivity contribution >= 4 is 22.8 Å². The number of hydrogen-bond acceptors (Lipinski definition) is 7. The van der Waals surface area contributed by atoms with Gasteiger partial charge in [0.15, 0.2) is 17.1 Å². The van der Waals surface area contributed by atoms with Crippen LogP contribution in [0.2, 0.25) is 0 Å². The molecule has 1 unspecified atom stereocenters. The second kappa shape index (κ2) is 9.09. The van der Waals surface area contributed by atoms with Gasteiger partial charge in [-0.3, -0.25) is 4.79 Å². The standard InChI is InChI=1S/C26H26N6O3/c1-4-22(33)31-13-17-8-6-7-9-18(17)19(14-31)32-26-23(25(27)28-15-29-26)24(30-32)16-10-11-20(35-5-2)21(12-16)34-3/h4,6-12,15,19H,1,5,13-14H2,2-3H3,(H2,27,28,29). The van der Waals surface area contributed by atoms with E-state index < -0.39 is 0 Å². The molecule has 0 saturated carbocycles. The number of nitrogen functional groups attached to an aromatic ring is 1. The number of nitrogens with two attached hydrogens (primary N) is 1. The summed E-state index contributed by atoms with van der Waals surface area (Å²) < 4.78 is 13.1. The lowest BCUT2D eigenvalue weighted by atomic mass is 9.95. The van der Waals surface area contributed by atoms with Crippen molar-refractivity contribution in [2.75, 3.05) is 26.0 Å². The molecule has 1 amide bonds. The van der Waals surface area contributed by atoms with E-state index in [1.54, 1.807) is 12.0 Å². The van der Waals surface area contributed by atoms with Gasteiger partial charge in [-0.2, -0.15) is 5.10 Å². The van der Waals surface area contributed by atoms with Gasteiger partial charge in [0, 0.05) is 18.7 Å². The molecule has 2 aromatic heterocycles. The number of ether oxygens (including phenoxy) is 2. The second-order valence-electron chi connectivity index (χ2n) is 8.19. The highest BCUT2D eigenvalue weighted by molar-refractivity contribution is 5.98. The van der Waals surface area contributed by atoms with E-state index in [0.717, 1.165) is 16.7 Å². The molecular weight excluding hydrogens is 444 g/mol. The Labute approximate surface area is 202 Å². The molecule has 0 spiro atoms. The molecule has 5 rings (SSSR count). The third-order valence-corrected chi connectivity index (χ3v) is 6.21. The van der Waals surface area contributed by atoms with E-state index >= 15 is 0 Å². The quantitative estimate of drug-likeness (QED) is 0.429. The number of hydrogen-bond donors (Lipinski definition) is 1. The van der Waals surface area contributed by atoms with Gasteiger partial charge >= 0.3 is 0 Å². The minimum Gasteiger partial charge on any atom is -0.493 e. The van der Waals surface area contributed by atoms with Crippen LogP contribution < -0.4 is 15.2 Å². The lowest BCUT2D eigenvalue weighted by molar-refractivity contribution is -0.127. The molecule has 0 radical (unpaired) electrons. The van der Waals surface area contributed by atoms with E-state index in [-0.39, 0.29) is 11.9 Å². The normalized spacial score (nSPS) is 15.0. The zero-order valence-electron chi connectivity index (χ0n) is 19.6. The average Bonchev–Trinajstić information content (AvgIpc) is 3.28. The largest absolute Gasteiger partial charge is 0.493 e. The summed E-state index contributed by atoms with van der Waals surface area (Å²) in [6.45, 7) is 7.04. The summed E-state index contributed by atoms with van der Waals surface area (Å²) in [4.78, 5) is 23.1. The summed E-state index contributed by atoms with van der Waals surface area (Å²) in [7, 11) is 1.60. The molecule has 9 heteroatoms. The lowest BCUT2D eigenvalue weighted by Gasteiger charge is -2.34. The Kier molecular flexibility index (Phi) is 5.82. The lowest BCUT2D eigenvalue weighted by Crippen LogP contribution is -2.39. The molecule has 0 aliphatic carbocycles. The van der Waals surface area contributed by atoms with Crippen LogP contribution in [0.25, 0.3) is 22.3 Å². The van der Waals surface area contributed by atoms with Gasteiger partial charge in [0.1, 0.15) is 17.8 Å². The fraction of sp³-hybridized carbons (Fsp3) is 0.231. The van der Waals surface area contributed by atoms with Crippen molar-refractivity contribution in [3.63, 3.8) is 0 Å². The van der Waals surface area contributed by atoms with E-state index in [2.05, 4.69) is 22.6 Å². The maximum absolute atomic E-state index is 12.6. The van der Waals surface area contributed by atoms with E-state index in [4.69, 9.17) is 20.3 Å². The molecule has 1 aliphatic heterocycles. The highest BCUT2D eigenvalue weighted by atomic mass is 16.5. The maximum atomic E-state index is 12.6. The Bertz CT molecular complexity index is 1430. The predicted molar refractivity (Wildman–Crippen MR) is 133 cm³/mol. The number of methoxy groups -OCH3 is 1. The Hall–Kier alpha value is -4.40. The van der Waals surface area contributed by atoms with Crippen LogP contribution in [-0.4, -0.2) is 50.8 Å². The Balaban J connectivity index is 1.70. The molecule has 178 valence electrons. The minimum absolute atomic E-state index is 0.133. The first kappa shape index (κ1) is 22.4. The Morgan fingerprint density at radius 3 is 2.83 bits per heavy atom. The number of amides is 1. The van der Waals surface area contributed by atoms with Crippen LogP contribution in [0.1, 0.15) is 24.1 Å². The van der Waals surface area contributed by atoms with Crippen molar-refractivity contribution in [3.8, 4) is 22.8 Å². The summed E-state index contributed by atoms with van der Waals surface area (Å²) in [6, 6.07) is 13.4. The van der Waals surface area contributed by atoms with Crippen LogP contribution in [0.3, 0.4) is 0 Å². The fourth-order valence-electron chi connectivity index (χ4n) is 4.59. The van der Waals surface area contributed by atoms with E-state index in [1.165, 1.54) is 12.4 Å². The summed E-state index contributed by atoms with van der Waals surface area (Å²) in [6.07, 6.45) is 2.77. The molecule has 2 N–H and O–H groups in total. The summed E-state index contributed by atoms with van der Waals surface area (Å²) >= 11 is 0. The number of anilines is 1. The first-order chi connectivity index (χ1) is 17.0. The van der Waals surface area contributed by atoms with Crippen molar-refractivity contribution in [1.29, 1.82) is 0 Å². The van der Waals surface area contributed by atoms with Gasteiger partial charge in [0.05, 0.1) is 25.1 Å². The first-order valence-corrected chi connectivity index (χ1v) is 11.3. The smallest absolute Gasteiger partial charge is 0.246 e. The predicted octanol–water partition coefficient (Wildman–Crippen LogP) is 3.60. The van der Waals surface area contributed by atoms with Crippen molar-refractivity contribution in [2.45, 2.75) is 19.5 Å². The van der Waals surface area contributed by atoms with Gasteiger partial charge < -0.3 is 20.1 Å². The van der Waals surface area contributed by atoms with E-state index in [9.17, 15) is 4.79 Å². The molecule has 4 aromatic rings. The fourth-order valence-corrected chi connectivity index (χ4v) is 4.59. The number of nitrogens with zero attached hydrogens (tertiary/aromatic N) is 5. The average molecular weight is 471 g/mol. The van der Waals surface area contributed by atoms with Crippen LogP contribution >= 0.6 is 0 Å². The molecule has 1 aliphatic rings. The highest BCUT2D eigenvalue weighted by Crippen LogP contribution is 2.39. The van der Waals surface area contributed by atoms with Crippen molar-refractivity contribution in [2.24, 2.45) is 0 Å². The third kappa shape index (κ3) is 3.84. The summed E-state index contributed by atoms with van der Waals surface area (Å²) in [5.41, 5.74) is 10.5. The third-order valence-electron chi connectivity index (χ3n) is 6.21. The molecule has 1 atom stereocenters. The summed E-state index contributed by atoms with van der Waals surface area (Å²) in [5, 5.41) is 5.63. The number of benzene rings is 2. The SMILES string of the molecule is C=CC(=O)N1Cc2ccccc2C(n2nc(-c3ccc(OCC)c(OC)c3)c3c(N)ncnc32)C1. The number of rotatable bonds is 6. The maximum Gasteiger partial charge on any atom is 0.246 e. The number of fused-ring (bicyclic) bond motifs is 2. The molecule has 9 nitrogen and oxygen atoms in total. The van der Waals surface area contributed by atoms with Crippen LogP contribution in [0.15, 0.2) is 61.4 Å². The van der Waals surface area contributed by atoms with Gasteiger partial charge in [-0.05, 0) is 42.3 Å². The Morgan fingerprint density at radius 2 is 2.06 bits per heavy atom. The number of aromatic nitrogens is 4. The van der Waals surface area contributed by atoms with Crippen molar-refractivity contribution < 1.29 is 14.3 Å². The van der Waals surface area contributed by atoms with Crippen molar-refractivity contribution in [3.05, 3.63) is 72.6 Å². The number of carbonyl (C=O) groups excluding carboxylic acids is 1. The van der Waals surface area contributed by atoms with Gasteiger partial charge in [-0.25, -0.2) is 14.6 Å². The topological polar surface area (TPSA) is 108 Å². The monoisotopic (exact) mass is 470 g/mol. The second-order valence-corrected chi connectivity index (χ2v) is 8.19. The van der Waals surface area contributed by atoms with Crippen LogP contribution in [0.4, 0.5) is 5.82 Å². The molecule has 35 heavy (non-hydrogen) atoms. The molecule has 0 bridgehead atoms. The first-order valence-electron chi connectivity index (χ1n) is 11.3. The molecule has 2 aromatic carbocycles. The molecule has 0 saturated heterocycles. The van der Waals surface area contributed by atoms with Gasteiger partial charge in [-0.15, -0.1) is 0 Å². The van der Waals surface area contributed by atoms with Crippen molar-refractivity contribution in [1.82, 2.24) is 24.6 Å². The van der Waals surface area contributed by atoms with E-state index in [0.29, 0.717) is 53.7 Å². The summed E-state index contributed by atoms with van der Waals surface area (Å²) in [5.74, 6) is 1.43.